The highest BCUT2D eigenvalue weighted by Crippen LogP contribution is 2.69. The summed E-state index contributed by atoms with van der Waals surface area (Å²) in [5.41, 5.74) is 1.87. The molecule has 146 valence electrons. The van der Waals surface area contributed by atoms with Crippen LogP contribution in [0.25, 0.3) is 0 Å². The van der Waals surface area contributed by atoms with Crippen molar-refractivity contribution in [3.05, 3.63) is 96.3 Å². The lowest BCUT2D eigenvalue weighted by molar-refractivity contribution is 0.564. The molecule has 1 aliphatic heterocycles. The van der Waals surface area contributed by atoms with E-state index in [-0.39, 0.29) is 12.2 Å². The van der Waals surface area contributed by atoms with Crippen LogP contribution >= 0.6 is 7.44 Å². The van der Waals surface area contributed by atoms with Crippen LogP contribution < -0.4 is 9.34 Å². The van der Waals surface area contributed by atoms with Gasteiger partial charge in [0, 0.05) is 24.5 Å². The minimum Gasteiger partial charge on any atom is -0.304 e. The minimum absolute atomic E-state index is 0.0789. The van der Waals surface area contributed by atoms with E-state index in [0.717, 1.165) is 11.4 Å². The van der Waals surface area contributed by atoms with Gasteiger partial charge in [-0.1, -0.05) is 48.5 Å². The van der Waals surface area contributed by atoms with Gasteiger partial charge in [0.2, 0.25) is 0 Å². The smallest absolute Gasteiger partial charge is 0.271 e. The highest BCUT2D eigenvalue weighted by Gasteiger charge is 2.49. The van der Waals surface area contributed by atoms with E-state index in [0.29, 0.717) is 18.7 Å². The predicted octanol–water partition coefficient (Wildman–Crippen LogP) is 6.00. The van der Waals surface area contributed by atoms with E-state index in [4.69, 9.17) is 0 Å². The van der Waals surface area contributed by atoms with Gasteiger partial charge in [0.1, 0.15) is 5.82 Å². The molecule has 6 heteroatoms. The van der Waals surface area contributed by atoms with E-state index in [1.807, 2.05) is 70.0 Å². The van der Waals surface area contributed by atoms with Gasteiger partial charge in [-0.05, 0) is 42.0 Å². The molecule has 1 aliphatic rings. The van der Waals surface area contributed by atoms with Gasteiger partial charge in [-0.3, -0.25) is 4.57 Å². The van der Waals surface area contributed by atoms with Crippen molar-refractivity contribution in [2.45, 2.75) is 12.1 Å². The summed E-state index contributed by atoms with van der Waals surface area (Å²) >= 11 is 0. The summed E-state index contributed by atoms with van der Waals surface area (Å²) in [4.78, 5) is 0. The summed E-state index contributed by atoms with van der Waals surface area (Å²) in [6.07, 6.45) is 0.0789. The second-order valence-corrected chi connectivity index (χ2v) is 9.70. The first kappa shape index (κ1) is 19.2. The van der Waals surface area contributed by atoms with Gasteiger partial charge in [-0.2, -0.15) is 5.26 Å². The lowest BCUT2D eigenvalue weighted by Gasteiger charge is -2.37. The van der Waals surface area contributed by atoms with Crippen molar-refractivity contribution in [1.29, 1.82) is 5.26 Å². The Bertz CT molecular complexity index is 999. The second-order valence-electron chi connectivity index (χ2n) is 6.94. The molecular formula is C23H21FN3OP. The van der Waals surface area contributed by atoms with Crippen LogP contribution in [0, 0.1) is 17.1 Å². The number of benzene rings is 3. The van der Waals surface area contributed by atoms with Crippen molar-refractivity contribution in [1.82, 2.24) is 0 Å². The average molecular weight is 405 g/mol. The largest absolute Gasteiger partial charge is 0.304 e. The summed E-state index contributed by atoms with van der Waals surface area (Å²) in [6.45, 7) is 1.17. The van der Waals surface area contributed by atoms with Crippen LogP contribution in [0.2, 0.25) is 0 Å². The molecule has 0 amide bonds. The summed E-state index contributed by atoms with van der Waals surface area (Å²) in [7, 11) is -3.28. The Morgan fingerprint density at radius 1 is 0.862 bits per heavy atom. The summed E-state index contributed by atoms with van der Waals surface area (Å²) in [5.74, 6) is -0.353. The molecule has 1 heterocycles. The molecule has 1 saturated heterocycles. The molecule has 0 bridgehead atoms. The third-order valence-electron chi connectivity index (χ3n) is 5.27. The fourth-order valence-electron chi connectivity index (χ4n) is 3.93. The average Bonchev–Trinajstić information content (AvgIpc) is 3.12. The zero-order valence-corrected chi connectivity index (χ0v) is 16.8. The minimum atomic E-state index is -3.28. The maximum atomic E-state index is 14.9. The first-order valence-electron chi connectivity index (χ1n) is 9.53. The second kappa shape index (κ2) is 8.11. The molecule has 4 rings (SSSR count). The Balaban J connectivity index is 1.88. The third-order valence-corrected chi connectivity index (χ3v) is 8.81. The molecule has 0 radical (unpaired) electrons. The lowest BCUT2D eigenvalue weighted by atomic mass is 10.1. The van der Waals surface area contributed by atoms with E-state index in [1.54, 1.807) is 12.1 Å². The topological polar surface area (TPSA) is 47.3 Å². The SMILES string of the molecule is N#CCC(c1ccc(F)cc1)P1(=O)N(c2ccccc2)CCN1c1ccccc1. The zero-order chi connectivity index (χ0) is 20.3. The molecule has 0 aliphatic carbocycles. The Kier molecular flexibility index (Phi) is 5.38. The van der Waals surface area contributed by atoms with Crippen molar-refractivity contribution in [3.8, 4) is 6.07 Å². The van der Waals surface area contributed by atoms with Crippen LogP contribution in [0.15, 0.2) is 84.9 Å². The standard InChI is InChI=1S/C23H21FN3OP/c24-20-13-11-19(12-14-20)23(15-16-25)29(28)26(21-7-3-1-4-8-21)17-18-27(29)22-9-5-2-6-10-22/h1-14,23H,15,17-18H2. The van der Waals surface area contributed by atoms with Crippen molar-refractivity contribution in [3.63, 3.8) is 0 Å². The highest BCUT2D eigenvalue weighted by molar-refractivity contribution is 7.68. The van der Waals surface area contributed by atoms with Crippen molar-refractivity contribution < 1.29 is 8.96 Å². The number of anilines is 2. The fourth-order valence-corrected chi connectivity index (χ4v) is 7.43. The van der Waals surface area contributed by atoms with Crippen LogP contribution in [-0.4, -0.2) is 13.1 Å². The molecule has 3 aromatic carbocycles. The molecule has 0 saturated carbocycles. The highest BCUT2D eigenvalue weighted by atomic mass is 31.2. The third kappa shape index (κ3) is 3.52. The number of halogens is 1. The van der Waals surface area contributed by atoms with Crippen molar-refractivity contribution in [2.75, 3.05) is 22.4 Å². The number of para-hydroxylation sites is 2. The van der Waals surface area contributed by atoms with E-state index in [1.165, 1.54) is 12.1 Å². The summed E-state index contributed by atoms with van der Waals surface area (Å²) in [6, 6.07) is 27.5. The van der Waals surface area contributed by atoms with Crippen LogP contribution in [0.1, 0.15) is 17.6 Å². The van der Waals surface area contributed by atoms with E-state index >= 15 is 0 Å². The lowest BCUT2D eigenvalue weighted by Crippen LogP contribution is -2.24. The summed E-state index contributed by atoms with van der Waals surface area (Å²) in [5, 5.41) is 9.56. The van der Waals surface area contributed by atoms with Gasteiger partial charge in [0.05, 0.1) is 18.1 Å². The van der Waals surface area contributed by atoms with Gasteiger partial charge in [-0.25, -0.2) is 4.39 Å². The van der Waals surface area contributed by atoms with Gasteiger partial charge in [-0.15, -0.1) is 0 Å². The number of nitrogens with zero attached hydrogens (tertiary/aromatic N) is 3. The number of hydrogen-bond donors (Lipinski definition) is 0. The summed E-state index contributed by atoms with van der Waals surface area (Å²) < 4.78 is 32.3. The van der Waals surface area contributed by atoms with E-state index < -0.39 is 13.1 Å². The van der Waals surface area contributed by atoms with Gasteiger partial charge in [0.15, 0.2) is 0 Å². The van der Waals surface area contributed by atoms with Crippen molar-refractivity contribution in [2.24, 2.45) is 0 Å². The quantitative estimate of drug-likeness (QED) is 0.489. The van der Waals surface area contributed by atoms with E-state index in [2.05, 4.69) is 6.07 Å². The Hall–Kier alpha value is -3.09. The molecule has 4 nitrogen and oxygen atoms in total. The molecular weight excluding hydrogens is 384 g/mol. The zero-order valence-electron chi connectivity index (χ0n) is 15.9. The Morgan fingerprint density at radius 2 is 1.34 bits per heavy atom. The van der Waals surface area contributed by atoms with Crippen LogP contribution in [-0.2, 0) is 4.57 Å². The van der Waals surface area contributed by atoms with Crippen LogP contribution in [0.5, 0.6) is 0 Å². The van der Waals surface area contributed by atoms with Gasteiger partial charge in [0.25, 0.3) is 7.44 Å². The molecule has 29 heavy (non-hydrogen) atoms. The molecule has 0 N–H and O–H groups in total. The number of rotatable bonds is 5. The van der Waals surface area contributed by atoms with Crippen LogP contribution in [0.3, 0.4) is 0 Å². The van der Waals surface area contributed by atoms with Gasteiger partial charge < -0.3 is 9.34 Å². The first-order chi connectivity index (χ1) is 14.1. The maximum Gasteiger partial charge on any atom is 0.271 e. The number of nitriles is 1. The molecule has 0 spiro atoms. The molecule has 1 unspecified atom stereocenters. The van der Waals surface area contributed by atoms with Crippen LogP contribution in [0.4, 0.5) is 15.8 Å². The monoisotopic (exact) mass is 405 g/mol. The first-order valence-corrected chi connectivity index (χ1v) is 11.2. The molecule has 3 aromatic rings. The maximum absolute atomic E-state index is 14.9. The van der Waals surface area contributed by atoms with E-state index in [9.17, 15) is 14.2 Å². The Labute approximate surface area is 170 Å². The normalized spacial score (nSPS) is 16.4. The number of hydrogen-bond acceptors (Lipinski definition) is 2. The molecule has 1 fully saturated rings. The molecule has 0 aromatic heterocycles. The van der Waals surface area contributed by atoms with Crippen molar-refractivity contribution >= 4 is 18.8 Å². The molecule has 1 atom stereocenters. The predicted molar refractivity (Wildman–Crippen MR) is 115 cm³/mol. The Morgan fingerprint density at radius 3 is 1.79 bits per heavy atom. The fraction of sp³-hybridized carbons (Fsp3) is 0.174. The van der Waals surface area contributed by atoms with Gasteiger partial charge >= 0.3 is 0 Å².